The number of carbonyl (C=O) groups excluding carboxylic acids is 1. The fourth-order valence-corrected chi connectivity index (χ4v) is 4.19. The van der Waals surface area contributed by atoms with Gasteiger partial charge < -0.3 is 11.1 Å². The highest BCUT2D eigenvalue weighted by molar-refractivity contribution is 7.86. The van der Waals surface area contributed by atoms with Gasteiger partial charge in [0.05, 0.1) is 27.6 Å². The van der Waals surface area contributed by atoms with Crippen LogP contribution in [0.2, 0.25) is 0 Å². The highest BCUT2D eigenvalue weighted by atomic mass is 32.2. The van der Waals surface area contributed by atoms with Crippen molar-refractivity contribution in [2.75, 3.05) is 5.32 Å². The number of benzene rings is 3. The lowest BCUT2D eigenvalue weighted by molar-refractivity contribution is -0.114. The van der Waals surface area contributed by atoms with Crippen LogP contribution in [-0.2, 0) is 25.0 Å². The van der Waals surface area contributed by atoms with E-state index in [9.17, 15) is 30.7 Å². The highest BCUT2D eigenvalue weighted by Crippen LogP contribution is 2.34. The molecule has 0 aliphatic heterocycles. The second-order valence-electron chi connectivity index (χ2n) is 7.82. The van der Waals surface area contributed by atoms with Gasteiger partial charge in [0, 0.05) is 6.92 Å². The summed E-state index contributed by atoms with van der Waals surface area (Å²) in [5.74, 6) is -0.330. The Labute approximate surface area is 212 Å². The molecule has 37 heavy (non-hydrogen) atoms. The lowest BCUT2D eigenvalue weighted by Crippen LogP contribution is -2.05. The molecule has 0 unspecified atom stereocenters. The van der Waals surface area contributed by atoms with Gasteiger partial charge >= 0.3 is 0 Å². The first-order chi connectivity index (χ1) is 17.1. The maximum absolute atomic E-state index is 11.7. The molecule has 13 nitrogen and oxygen atoms in total. The summed E-state index contributed by atoms with van der Waals surface area (Å²) in [6.07, 6.45) is 0. The van der Waals surface area contributed by atoms with Crippen LogP contribution in [0.15, 0.2) is 78.8 Å². The molecule has 15 heteroatoms. The lowest BCUT2D eigenvalue weighted by Gasteiger charge is -2.08. The molecule has 0 fully saturated rings. The third-order valence-electron chi connectivity index (χ3n) is 4.86. The normalized spacial score (nSPS) is 12.4. The summed E-state index contributed by atoms with van der Waals surface area (Å²) in [7, 11) is -9.44. The Hall–Kier alpha value is -4.05. The van der Waals surface area contributed by atoms with Crippen molar-refractivity contribution in [3.05, 3.63) is 59.7 Å². The zero-order valence-corrected chi connectivity index (χ0v) is 21.3. The van der Waals surface area contributed by atoms with Gasteiger partial charge in [-0.1, -0.05) is 0 Å². The van der Waals surface area contributed by atoms with Crippen LogP contribution in [-0.4, -0.2) is 31.8 Å². The maximum Gasteiger partial charge on any atom is 0.296 e. The fourth-order valence-electron chi connectivity index (χ4n) is 3.08. The minimum absolute atomic E-state index is 0.184. The summed E-state index contributed by atoms with van der Waals surface area (Å²) < 4.78 is 64.9. The molecule has 0 saturated heterocycles. The number of nitrogens with zero attached hydrogens (tertiary/aromatic N) is 4. The minimum Gasteiger partial charge on any atom is -0.324 e. The van der Waals surface area contributed by atoms with Crippen molar-refractivity contribution in [1.29, 1.82) is 0 Å². The van der Waals surface area contributed by atoms with Gasteiger partial charge in [-0.25, -0.2) is 0 Å². The first kappa shape index (κ1) is 27.5. The van der Waals surface area contributed by atoms with E-state index in [1.165, 1.54) is 25.1 Å². The van der Waals surface area contributed by atoms with E-state index in [1.54, 1.807) is 26.0 Å². The number of hydrogen-bond donors (Lipinski definition) is 3. The molecule has 0 saturated carbocycles. The maximum atomic E-state index is 11.7. The summed E-state index contributed by atoms with van der Waals surface area (Å²) in [5, 5.41) is 18.7. The summed E-state index contributed by atoms with van der Waals surface area (Å²) in [5.41, 5.74) is 9.95. The van der Waals surface area contributed by atoms with Crippen LogP contribution in [0.3, 0.4) is 0 Å². The smallest absolute Gasteiger partial charge is 0.296 e. The van der Waals surface area contributed by atoms with Crippen LogP contribution in [0, 0.1) is 13.8 Å². The molecule has 0 bridgehead atoms. The first-order valence-corrected chi connectivity index (χ1v) is 13.2. The molecule has 0 spiro atoms. The van der Waals surface area contributed by atoms with Gasteiger partial charge in [0.25, 0.3) is 20.2 Å². The van der Waals surface area contributed by atoms with Crippen LogP contribution in [0.25, 0.3) is 0 Å². The average molecular weight is 546 g/mol. The van der Waals surface area contributed by atoms with Crippen LogP contribution in [0.1, 0.15) is 18.1 Å². The molecule has 0 aliphatic rings. The van der Waals surface area contributed by atoms with Crippen LogP contribution in [0.4, 0.5) is 34.1 Å². The van der Waals surface area contributed by atoms with Crippen molar-refractivity contribution >= 4 is 60.3 Å². The first-order valence-electron chi connectivity index (χ1n) is 10.3. The summed E-state index contributed by atoms with van der Waals surface area (Å²) in [4.78, 5) is 10.1. The molecule has 3 aromatic carbocycles. The quantitative estimate of drug-likeness (QED) is 0.256. The van der Waals surface area contributed by atoms with Crippen LogP contribution in [0.5, 0.6) is 0 Å². The molecule has 193 valence electrons. The molecular weight excluding hydrogens is 524 g/mol. The minimum atomic E-state index is -4.77. The topological polar surface area (TPSA) is 211 Å². The second kappa shape index (κ2) is 10.5. The van der Waals surface area contributed by atoms with E-state index in [-0.39, 0.29) is 17.3 Å². The number of hydrogen-bond acceptors (Lipinski definition) is 9. The number of amides is 1. The Kier molecular flexibility index (Phi) is 7.83. The van der Waals surface area contributed by atoms with Crippen molar-refractivity contribution in [1.82, 2.24) is 5.73 Å². The van der Waals surface area contributed by atoms with Gasteiger partial charge in [0.1, 0.15) is 16.3 Å². The van der Waals surface area contributed by atoms with Crippen molar-refractivity contribution in [2.45, 2.75) is 30.6 Å². The van der Waals surface area contributed by atoms with Crippen LogP contribution < -0.4 is 11.1 Å². The zero-order valence-electron chi connectivity index (χ0n) is 19.7. The van der Waals surface area contributed by atoms with Crippen molar-refractivity contribution in [3.63, 3.8) is 0 Å². The third-order valence-corrected chi connectivity index (χ3v) is 6.61. The summed E-state index contributed by atoms with van der Waals surface area (Å²) >= 11 is 0. The Bertz CT molecular complexity index is 1670. The molecular formula is C22H21N6O7S2. The van der Waals surface area contributed by atoms with Crippen molar-refractivity contribution < 1.29 is 30.7 Å². The molecule has 1 amide bonds. The van der Waals surface area contributed by atoms with Gasteiger partial charge in [0.15, 0.2) is 0 Å². The van der Waals surface area contributed by atoms with E-state index in [0.29, 0.717) is 28.2 Å². The number of anilines is 1. The fraction of sp³-hybridized carbons (Fsp3) is 0.136. The van der Waals surface area contributed by atoms with Gasteiger partial charge in [-0.15, -0.1) is 10.2 Å². The van der Waals surface area contributed by atoms with E-state index in [0.717, 1.165) is 18.2 Å². The highest BCUT2D eigenvalue weighted by Gasteiger charge is 2.20. The molecule has 0 atom stereocenters. The number of rotatable bonds is 7. The predicted molar refractivity (Wildman–Crippen MR) is 134 cm³/mol. The molecule has 4 N–H and O–H groups in total. The van der Waals surface area contributed by atoms with Gasteiger partial charge in [-0.05, 0) is 73.5 Å². The van der Waals surface area contributed by atoms with E-state index in [1.807, 2.05) is 0 Å². The molecule has 3 aromatic rings. The SMILES string of the molecule is CC(=O)Nc1cc([NH])ccc1N=Nc1cc(C)c(N=Nc2cc(S(=O)(=O)O)ccc2S(=O)(=O)O)cc1C. The van der Waals surface area contributed by atoms with Gasteiger partial charge in [-0.3, -0.25) is 13.9 Å². The Morgan fingerprint density at radius 1 is 0.757 bits per heavy atom. The zero-order chi connectivity index (χ0) is 27.5. The monoisotopic (exact) mass is 545 g/mol. The largest absolute Gasteiger partial charge is 0.324 e. The second-order valence-corrected chi connectivity index (χ2v) is 10.6. The average Bonchev–Trinajstić information content (AvgIpc) is 2.77. The number of azo groups is 2. The Morgan fingerprint density at radius 3 is 1.81 bits per heavy atom. The lowest BCUT2D eigenvalue weighted by atomic mass is 10.1. The molecule has 1 radical (unpaired) electrons. The summed E-state index contributed by atoms with van der Waals surface area (Å²) in [6, 6.07) is 10.0. The summed E-state index contributed by atoms with van der Waals surface area (Å²) in [6.45, 7) is 4.70. The van der Waals surface area contributed by atoms with E-state index < -0.39 is 35.7 Å². The molecule has 0 aliphatic carbocycles. The Morgan fingerprint density at radius 2 is 1.30 bits per heavy atom. The molecule has 0 heterocycles. The van der Waals surface area contributed by atoms with Crippen LogP contribution >= 0.6 is 0 Å². The van der Waals surface area contributed by atoms with E-state index in [2.05, 4.69) is 25.8 Å². The predicted octanol–water partition coefficient (Wildman–Crippen LogP) is 5.50. The Balaban J connectivity index is 1.98. The molecule has 3 rings (SSSR count). The van der Waals surface area contributed by atoms with Gasteiger partial charge in [0.2, 0.25) is 5.91 Å². The van der Waals surface area contributed by atoms with Crippen molar-refractivity contribution in [3.8, 4) is 0 Å². The van der Waals surface area contributed by atoms with E-state index in [4.69, 9.17) is 5.73 Å². The number of nitrogens with one attached hydrogen (secondary N) is 2. The third kappa shape index (κ3) is 7.01. The van der Waals surface area contributed by atoms with E-state index >= 15 is 0 Å². The van der Waals surface area contributed by atoms with Gasteiger partial charge in [-0.2, -0.15) is 27.1 Å². The number of aryl methyl sites for hydroxylation is 2. The number of carbonyl (C=O) groups is 1. The molecule has 0 aromatic heterocycles. The standard InChI is InChI=1S/C22H21N6O7S2/c1-12-9-19(27-28-21-11-16(36(30,31)32)5-7-22(21)37(33,34)35)13(2)8-18(12)26-25-17-6-4-15(23)10-20(17)24-14(3)29/h4-11,23H,1-3H3,(H,24,29)(H,30,31,32)(H,33,34,35). The van der Waals surface area contributed by atoms with Crippen molar-refractivity contribution in [2.24, 2.45) is 20.5 Å².